The lowest BCUT2D eigenvalue weighted by Gasteiger charge is -2.29. The number of rotatable bonds is 1. The SMILES string of the molecule is COC(=O)N1CCC(ON)CC1. The Hall–Kier alpha value is -0.810. The third-order valence-corrected chi connectivity index (χ3v) is 2.07. The summed E-state index contributed by atoms with van der Waals surface area (Å²) in [7, 11) is 1.38. The van der Waals surface area contributed by atoms with Gasteiger partial charge in [-0.15, -0.1) is 0 Å². The van der Waals surface area contributed by atoms with Crippen molar-refractivity contribution in [1.82, 2.24) is 4.90 Å². The average Bonchev–Trinajstić information content (AvgIpc) is 2.17. The van der Waals surface area contributed by atoms with Gasteiger partial charge in [0.15, 0.2) is 0 Å². The molecule has 0 aliphatic carbocycles. The molecule has 1 saturated heterocycles. The predicted octanol–water partition coefficient (Wildman–Crippen LogP) is 0.107. The number of amides is 1. The van der Waals surface area contributed by atoms with Crippen LogP contribution in [0.2, 0.25) is 0 Å². The Bertz CT molecular complexity index is 155. The molecular formula is C7H14N2O3. The van der Waals surface area contributed by atoms with Crippen LogP contribution in [0, 0.1) is 0 Å². The zero-order valence-corrected chi connectivity index (χ0v) is 7.16. The Balaban J connectivity index is 2.30. The van der Waals surface area contributed by atoms with Crippen molar-refractivity contribution in [2.75, 3.05) is 20.2 Å². The molecule has 0 aromatic heterocycles. The van der Waals surface area contributed by atoms with Crippen molar-refractivity contribution in [1.29, 1.82) is 0 Å². The van der Waals surface area contributed by atoms with Gasteiger partial charge < -0.3 is 14.5 Å². The van der Waals surface area contributed by atoms with Gasteiger partial charge in [0.05, 0.1) is 13.2 Å². The van der Waals surface area contributed by atoms with Gasteiger partial charge in [-0.05, 0) is 12.8 Å². The van der Waals surface area contributed by atoms with E-state index in [0.29, 0.717) is 13.1 Å². The molecule has 1 aliphatic rings. The van der Waals surface area contributed by atoms with E-state index in [0.717, 1.165) is 12.8 Å². The standard InChI is InChI=1S/C7H14N2O3/c1-11-7(10)9-4-2-6(12-8)3-5-9/h6H,2-5,8H2,1H3. The first kappa shape index (κ1) is 9.28. The molecule has 1 heterocycles. The minimum Gasteiger partial charge on any atom is -0.453 e. The number of methoxy groups -OCH3 is 1. The van der Waals surface area contributed by atoms with Crippen LogP contribution in [0.1, 0.15) is 12.8 Å². The summed E-state index contributed by atoms with van der Waals surface area (Å²) in [5.41, 5.74) is 0. The molecule has 0 aromatic carbocycles. The Morgan fingerprint density at radius 1 is 1.50 bits per heavy atom. The van der Waals surface area contributed by atoms with Gasteiger partial charge in [-0.2, -0.15) is 0 Å². The summed E-state index contributed by atoms with van der Waals surface area (Å²) in [6.07, 6.45) is 1.38. The van der Waals surface area contributed by atoms with Crippen LogP contribution in [0.5, 0.6) is 0 Å². The summed E-state index contributed by atoms with van der Waals surface area (Å²) in [5, 5.41) is 0. The molecular weight excluding hydrogens is 160 g/mol. The fourth-order valence-corrected chi connectivity index (χ4v) is 1.30. The molecule has 0 saturated carbocycles. The van der Waals surface area contributed by atoms with Crippen LogP contribution in [-0.4, -0.2) is 37.3 Å². The molecule has 5 nitrogen and oxygen atoms in total. The number of ether oxygens (including phenoxy) is 1. The van der Waals surface area contributed by atoms with Crippen molar-refractivity contribution < 1.29 is 14.4 Å². The third-order valence-electron chi connectivity index (χ3n) is 2.07. The monoisotopic (exact) mass is 174 g/mol. The molecule has 0 aromatic rings. The number of piperidine rings is 1. The molecule has 1 rings (SSSR count). The van der Waals surface area contributed by atoms with Gasteiger partial charge in [-0.3, -0.25) is 0 Å². The minimum atomic E-state index is -0.273. The first-order valence-corrected chi connectivity index (χ1v) is 3.96. The van der Waals surface area contributed by atoms with Crippen LogP contribution in [0.3, 0.4) is 0 Å². The molecule has 1 fully saturated rings. The minimum absolute atomic E-state index is 0.0888. The summed E-state index contributed by atoms with van der Waals surface area (Å²) >= 11 is 0. The molecule has 1 amide bonds. The highest BCUT2D eigenvalue weighted by atomic mass is 16.6. The number of nitrogens with zero attached hydrogens (tertiary/aromatic N) is 1. The highest BCUT2D eigenvalue weighted by Gasteiger charge is 2.22. The van der Waals surface area contributed by atoms with E-state index >= 15 is 0 Å². The second-order valence-electron chi connectivity index (χ2n) is 2.79. The van der Waals surface area contributed by atoms with Crippen molar-refractivity contribution >= 4 is 6.09 Å². The molecule has 0 unspecified atom stereocenters. The lowest BCUT2D eigenvalue weighted by atomic mass is 10.1. The second kappa shape index (κ2) is 4.27. The van der Waals surface area contributed by atoms with Crippen molar-refractivity contribution in [3.63, 3.8) is 0 Å². The number of likely N-dealkylation sites (tertiary alicyclic amines) is 1. The van der Waals surface area contributed by atoms with Crippen LogP contribution in [0.25, 0.3) is 0 Å². The maximum absolute atomic E-state index is 11.0. The molecule has 1 aliphatic heterocycles. The van der Waals surface area contributed by atoms with Gasteiger partial charge in [-0.25, -0.2) is 10.7 Å². The predicted molar refractivity (Wildman–Crippen MR) is 42.3 cm³/mol. The van der Waals surface area contributed by atoms with Crippen LogP contribution in [-0.2, 0) is 9.57 Å². The van der Waals surface area contributed by atoms with E-state index in [4.69, 9.17) is 5.90 Å². The zero-order chi connectivity index (χ0) is 8.97. The summed E-state index contributed by atoms with van der Waals surface area (Å²) < 4.78 is 4.57. The maximum atomic E-state index is 11.0. The van der Waals surface area contributed by atoms with E-state index < -0.39 is 0 Å². The summed E-state index contributed by atoms with van der Waals surface area (Å²) in [6, 6.07) is 0. The number of carbonyl (C=O) groups is 1. The number of hydrogen-bond acceptors (Lipinski definition) is 4. The van der Waals surface area contributed by atoms with Crippen LogP contribution < -0.4 is 5.90 Å². The van der Waals surface area contributed by atoms with Gasteiger partial charge in [0.2, 0.25) is 0 Å². The lowest BCUT2D eigenvalue weighted by molar-refractivity contribution is 0.00719. The average molecular weight is 174 g/mol. The van der Waals surface area contributed by atoms with Crippen molar-refractivity contribution in [3.8, 4) is 0 Å². The van der Waals surface area contributed by atoms with E-state index in [9.17, 15) is 4.79 Å². The second-order valence-corrected chi connectivity index (χ2v) is 2.79. The number of hydrogen-bond donors (Lipinski definition) is 1. The first-order chi connectivity index (χ1) is 5.77. The smallest absolute Gasteiger partial charge is 0.409 e. The largest absolute Gasteiger partial charge is 0.453 e. The Morgan fingerprint density at radius 2 is 2.08 bits per heavy atom. The quantitative estimate of drug-likeness (QED) is 0.573. The third kappa shape index (κ3) is 2.09. The fraction of sp³-hybridized carbons (Fsp3) is 0.857. The molecule has 0 radical (unpaired) electrons. The highest BCUT2D eigenvalue weighted by molar-refractivity contribution is 5.67. The topological polar surface area (TPSA) is 64.8 Å². The normalized spacial score (nSPS) is 19.3. The van der Waals surface area contributed by atoms with Crippen molar-refractivity contribution in [2.24, 2.45) is 5.90 Å². The molecule has 0 spiro atoms. The number of nitrogens with two attached hydrogens (primary N) is 1. The van der Waals surface area contributed by atoms with Crippen LogP contribution in [0.4, 0.5) is 4.79 Å². The molecule has 0 atom stereocenters. The first-order valence-electron chi connectivity index (χ1n) is 3.96. The Morgan fingerprint density at radius 3 is 2.50 bits per heavy atom. The van der Waals surface area contributed by atoms with Crippen molar-refractivity contribution in [3.05, 3.63) is 0 Å². The lowest BCUT2D eigenvalue weighted by Crippen LogP contribution is -2.41. The highest BCUT2D eigenvalue weighted by Crippen LogP contribution is 2.12. The summed E-state index contributed by atoms with van der Waals surface area (Å²) in [4.78, 5) is 17.3. The molecule has 5 heteroatoms. The van der Waals surface area contributed by atoms with Gasteiger partial charge >= 0.3 is 6.09 Å². The Kier molecular flexibility index (Phi) is 3.31. The summed E-state index contributed by atoms with van der Waals surface area (Å²) in [5.74, 6) is 5.02. The zero-order valence-electron chi connectivity index (χ0n) is 7.16. The Labute approximate surface area is 71.4 Å². The van der Waals surface area contributed by atoms with Gasteiger partial charge in [0.1, 0.15) is 0 Å². The molecule has 70 valence electrons. The van der Waals surface area contributed by atoms with E-state index in [1.807, 2.05) is 0 Å². The molecule has 12 heavy (non-hydrogen) atoms. The fourth-order valence-electron chi connectivity index (χ4n) is 1.30. The number of carbonyl (C=O) groups excluding carboxylic acids is 1. The van der Waals surface area contributed by atoms with E-state index in [2.05, 4.69) is 9.57 Å². The van der Waals surface area contributed by atoms with Crippen molar-refractivity contribution in [2.45, 2.75) is 18.9 Å². The van der Waals surface area contributed by atoms with Crippen LogP contribution in [0.15, 0.2) is 0 Å². The van der Waals surface area contributed by atoms with Gasteiger partial charge in [0, 0.05) is 13.1 Å². The maximum Gasteiger partial charge on any atom is 0.409 e. The van der Waals surface area contributed by atoms with Gasteiger partial charge in [-0.1, -0.05) is 0 Å². The summed E-state index contributed by atoms with van der Waals surface area (Å²) in [6.45, 7) is 1.32. The van der Waals surface area contributed by atoms with Gasteiger partial charge in [0.25, 0.3) is 0 Å². The van der Waals surface area contributed by atoms with Crippen LogP contribution >= 0.6 is 0 Å². The van der Waals surface area contributed by atoms with E-state index in [1.165, 1.54) is 7.11 Å². The van der Waals surface area contributed by atoms with E-state index in [-0.39, 0.29) is 12.2 Å². The molecule has 0 bridgehead atoms. The van der Waals surface area contributed by atoms with E-state index in [1.54, 1.807) is 4.90 Å². The molecule has 2 N–H and O–H groups in total.